The maximum atomic E-state index is 13.7. The summed E-state index contributed by atoms with van der Waals surface area (Å²) >= 11 is 0. The fourth-order valence-electron chi connectivity index (χ4n) is 5.76. The van der Waals surface area contributed by atoms with Crippen molar-refractivity contribution in [3.63, 3.8) is 0 Å². The smallest absolute Gasteiger partial charge is 0.446 e. The van der Waals surface area contributed by atoms with Gasteiger partial charge in [-0.1, -0.05) is 42.5 Å². The van der Waals surface area contributed by atoms with E-state index in [4.69, 9.17) is 4.42 Å². The molecule has 0 spiro atoms. The normalized spacial score (nSPS) is 16.1. The van der Waals surface area contributed by atoms with Crippen LogP contribution >= 0.6 is 0 Å². The highest BCUT2D eigenvalue weighted by Gasteiger charge is 2.34. The number of carbonyl (C=O) groups excluding carboxylic acids is 2. The van der Waals surface area contributed by atoms with E-state index in [1.807, 2.05) is 37.3 Å². The first-order valence-electron chi connectivity index (χ1n) is 15.4. The highest BCUT2D eigenvalue weighted by atomic mass is 19.4. The van der Waals surface area contributed by atoms with Gasteiger partial charge in [0.05, 0.1) is 17.8 Å². The Morgan fingerprint density at radius 2 is 1.79 bits per heavy atom. The SMILES string of the molecule is Cc1cc(C(=O)N[C@@H](Cc2ccccc2)[C@@H](O)CNCc2cccc(OC(F)(F)F)c2)cc(C(=O)N2CCC[C@@H]2c2nc(C)co2)c1. The number of hydrogen-bond acceptors (Lipinski definition) is 7. The summed E-state index contributed by atoms with van der Waals surface area (Å²) in [6, 6.07) is 18.9. The molecule has 5 rings (SSSR count). The largest absolute Gasteiger partial charge is 0.573 e. The average molecular weight is 651 g/mol. The number of halogens is 3. The number of aliphatic hydroxyl groups is 1. The number of amides is 2. The molecule has 0 aliphatic carbocycles. The predicted octanol–water partition coefficient (Wildman–Crippen LogP) is 5.66. The van der Waals surface area contributed by atoms with Crippen LogP contribution in [0.5, 0.6) is 5.75 Å². The summed E-state index contributed by atoms with van der Waals surface area (Å²) in [7, 11) is 0. The second-order valence-corrected chi connectivity index (χ2v) is 11.7. The Morgan fingerprint density at radius 3 is 2.51 bits per heavy atom. The van der Waals surface area contributed by atoms with Crippen LogP contribution in [0.25, 0.3) is 0 Å². The molecule has 9 nitrogen and oxygen atoms in total. The first-order valence-corrected chi connectivity index (χ1v) is 15.4. The minimum atomic E-state index is -4.80. The highest BCUT2D eigenvalue weighted by Crippen LogP contribution is 2.33. The molecule has 0 bridgehead atoms. The zero-order valence-electron chi connectivity index (χ0n) is 26.1. The van der Waals surface area contributed by atoms with Crippen LogP contribution in [0.1, 0.15) is 67.9 Å². The van der Waals surface area contributed by atoms with Gasteiger partial charge in [-0.3, -0.25) is 9.59 Å². The quantitative estimate of drug-likeness (QED) is 0.181. The Morgan fingerprint density at radius 1 is 1.04 bits per heavy atom. The standard InChI is InChI=1S/C35H37F3N4O5/c1-22-14-26(18-27(15-22)34(45)42-13-7-12-30(42)33-40-23(2)21-46-33)32(44)41-29(17-24-8-4-3-5-9-24)31(43)20-39-19-25-10-6-11-28(16-25)47-35(36,37)38/h3-6,8-11,14-16,18,21,29-31,39,43H,7,12-13,17,19-20H2,1-2H3,(H,41,44)/t29-,30+,31-/m0/s1. The topological polar surface area (TPSA) is 117 Å². The minimum Gasteiger partial charge on any atom is -0.446 e. The summed E-state index contributed by atoms with van der Waals surface area (Å²) in [6.07, 6.45) is -2.46. The van der Waals surface area contributed by atoms with Crippen molar-refractivity contribution >= 4 is 11.8 Å². The number of aliphatic hydroxyl groups excluding tert-OH is 1. The van der Waals surface area contributed by atoms with Crippen molar-refractivity contribution in [1.29, 1.82) is 0 Å². The van der Waals surface area contributed by atoms with Crippen molar-refractivity contribution in [1.82, 2.24) is 20.5 Å². The lowest BCUT2D eigenvalue weighted by Crippen LogP contribution is -2.48. The fraction of sp³-hybridized carbons (Fsp3) is 0.343. The second kappa shape index (κ2) is 14.8. The second-order valence-electron chi connectivity index (χ2n) is 11.7. The van der Waals surface area contributed by atoms with Crippen LogP contribution in [0.15, 0.2) is 83.5 Å². The lowest BCUT2D eigenvalue weighted by molar-refractivity contribution is -0.274. The van der Waals surface area contributed by atoms with E-state index in [1.165, 1.54) is 18.2 Å². The number of hydrogen-bond donors (Lipinski definition) is 3. The monoisotopic (exact) mass is 650 g/mol. The van der Waals surface area contributed by atoms with E-state index in [9.17, 15) is 27.9 Å². The minimum absolute atomic E-state index is 0.0380. The number of carbonyl (C=O) groups is 2. The summed E-state index contributed by atoms with van der Waals surface area (Å²) < 4.78 is 47.5. The van der Waals surface area contributed by atoms with E-state index < -0.39 is 24.4 Å². The van der Waals surface area contributed by atoms with E-state index in [1.54, 1.807) is 42.4 Å². The van der Waals surface area contributed by atoms with Gasteiger partial charge in [-0.25, -0.2) is 4.98 Å². The summed E-state index contributed by atoms with van der Waals surface area (Å²) in [5.74, 6) is -0.528. The molecule has 248 valence electrons. The molecular formula is C35H37F3N4O5. The van der Waals surface area contributed by atoms with Crippen molar-refractivity contribution in [3.05, 3.63) is 118 Å². The molecule has 0 unspecified atom stereocenters. The maximum Gasteiger partial charge on any atom is 0.573 e. The molecule has 1 saturated heterocycles. The van der Waals surface area contributed by atoms with Crippen molar-refractivity contribution in [3.8, 4) is 5.75 Å². The zero-order chi connectivity index (χ0) is 33.6. The van der Waals surface area contributed by atoms with E-state index in [2.05, 4.69) is 20.4 Å². The van der Waals surface area contributed by atoms with E-state index in [0.717, 1.165) is 29.7 Å². The highest BCUT2D eigenvalue weighted by molar-refractivity contribution is 6.00. The number of nitrogens with one attached hydrogen (secondary N) is 2. The van der Waals surface area contributed by atoms with Crippen LogP contribution in [0.3, 0.4) is 0 Å². The number of oxazole rings is 1. The first-order chi connectivity index (χ1) is 22.4. The lowest BCUT2D eigenvalue weighted by Gasteiger charge is -2.25. The molecule has 1 aliphatic heterocycles. The van der Waals surface area contributed by atoms with Crippen LogP contribution in [0, 0.1) is 13.8 Å². The lowest BCUT2D eigenvalue weighted by atomic mass is 9.99. The molecule has 4 aromatic rings. The van der Waals surface area contributed by atoms with Crippen molar-refractivity contribution in [2.75, 3.05) is 13.1 Å². The van der Waals surface area contributed by atoms with Crippen molar-refractivity contribution in [2.24, 2.45) is 0 Å². The number of alkyl halides is 3. The van der Waals surface area contributed by atoms with Gasteiger partial charge in [0, 0.05) is 30.8 Å². The third-order valence-electron chi connectivity index (χ3n) is 7.92. The molecule has 1 fully saturated rings. The number of rotatable bonds is 12. The summed E-state index contributed by atoms with van der Waals surface area (Å²) in [4.78, 5) is 33.5. The molecule has 3 aromatic carbocycles. The molecule has 3 atom stereocenters. The Hall–Kier alpha value is -4.68. The molecule has 3 N–H and O–H groups in total. The first kappa shape index (κ1) is 33.7. The summed E-state index contributed by atoms with van der Waals surface area (Å²) in [5, 5.41) is 17.2. The van der Waals surface area contributed by atoms with Gasteiger partial charge in [-0.2, -0.15) is 0 Å². The van der Waals surface area contributed by atoms with Gasteiger partial charge in [0.2, 0.25) is 5.89 Å². The molecule has 0 radical (unpaired) electrons. The van der Waals surface area contributed by atoms with Gasteiger partial charge in [-0.15, -0.1) is 13.2 Å². The Labute approximate surface area is 270 Å². The predicted molar refractivity (Wildman–Crippen MR) is 168 cm³/mol. The van der Waals surface area contributed by atoms with Gasteiger partial charge in [0.25, 0.3) is 11.8 Å². The third-order valence-corrected chi connectivity index (χ3v) is 7.92. The number of benzene rings is 3. The number of likely N-dealkylation sites (tertiary alicyclic amines) is 1. The zero-order valence-corrected chi connectivity index (χ0v) is 26.1. The van der Waals surface area contributed by atoms with Gasteiger partial charge < -0.3 is 29.8 Å². The molecule has 2 amide bonds. The van der Waals surface area contributed by atoms with E-state index in [0.29, 0.717) is 30.0 Å². The number of aromatic nitrogens is 1. The fourth-order valence-corrected chi connectivity index (χ4v) is 5.76. The molecule has 12 heteroatoms. The van der Waals surface area contributed by atoms with Gasteiger partial charge >= 0.3 is 6.36 Å². The van der Waals surface area contributed by atoms with Crippen LogP contribution in [-0.2, 0) is 13.0 Å². The molecule has 1 aliphatic rings. The Balaban J connectivity index is 1.28. The average Bonchev–Trinajstić information content (AvgIpc) is 3.69. The van der Waals surface area contributed by atoms with Gasteiger partial charge in [0.1, 0.15) is 18.1 Å². The van der Waals surface area contributed by atoms with E-state index in [-0.39, 0.29) is 36.4 Å². The molecule has 1 aromatic heterocycles. The van der Waals surface area contributed by atoms with Crippen LogP contribution < -0.4 is 15.4 Å². The Bertz CT molecular complexity index is 1680. The van der Waals surface area contributed by atoms with Gasteiger partial charge in [-0.05, 0) is 80.1 Å². The molecular weight excluding hydrogens is 613 g/mol. The number of aryl methyl sites for hydroxylation is 2. The summed E-state index contributed by atoms with van der Waals surface area (Å²) in [6.45, 7) is 4.37. The third kappa shape index (κ3) is 9.20. The van der Waals surface area contributed by atoms with Crippen LogP contribution in [-0.4, -0.2) is 58.4 Å². The number of nitrogens with zero attached hydrogens (tertiary/aromatic N) is 2. The van der Waals surface area contributed by atoms with Gasteiger partial charge in [0.15, 0.2) is 0 Å². The maximum absolute atomic E-state index is 13.7. The molecule has 2 heterocycles. The summed E-state index contributed by atoms with van der Waals surface area (Å²) in [5.41, 5.74) is 3.51. The van der Waals surface area contributed by atoms with E-state index >= 15 is 0 Å². The van der Waals surface area contributed by atoms with Crippen LogP contribution in [0.4, 0.5) is 13.2 Å². The number of ether oxygens (including phenoxy) is 1. The van der Waals surface area contributed by atoms with Crippen LogP contribution in [0.2, 0.25) is 0 Å². The van der Waals surface area contributed by atoms with Crippen molar-refractivity contribution < 1.29 is 37.0 Å². The van der Waals surface area contributed by atoms with Crippen molar-refractivity contribution in [2.45, 2.75) is 64.2 Å². The molecule has 0 saturated carbocycles. The Kier molecular flexibility index (Phi) is 10.6. The molecule has 47 heavy (non-hydrogen) atoms.